The van der Waals surface area contributed by atoms with E-state index in [1.54, 1.807) is 0 Å². The summed E-state index contributed by atoms with van der Waals surface area (Å²) >= 11 is 0. The Bertz CT molecular complexity index is 721. The van der Waals surface area contributed by atoms with Gasteiger partial charge in [-0.05, 0) is 75.5 Å². The first-order valence-electron chi connectivity index (χ1n) is 11.7. The minimum atomic E-state index is -0.721. The highest BCUT2D eigenvalue weighted by Gasteiger charge is 2.47. The van der Waals surface area contributed by atoms with Gasteiger partial charge in [0.2, 0.25) is 5.91 Å². The molecule has 0 saturated carbocycles. The molecule has 1 amide bonds. The van der Waals surface area contributed by atoms with Crippen molar-refractivity contribution >= 4 is 17.6 Å². The van der Waals surface area contributed by atoms with Crippen molar-refractivity contribution in [3.63, 3.8) is 0 Å². The van der Waals surface area contributed by atoms with Crippen LogP contribution in [0.4, 0.5) is 5.69 Å². The molecular formula is C25H36N2O4. The molecule has 31 heavy (non-hydrogen) atoms. The maximum Gasteiger partial charge on any atom is 0.303 e. The van der Waals surface area contributed by atoms with Gasteiger partial charge in [0.25, 0.3) is 0 Å². The summed E-state index contributed by atoms with van der Waals surface area (Å²) in [6.07, 6.45) is 13.8. The van der Waals surface area contributed by atoms with Crippen LogP contribution in [0.5, 0.6) is 0 Å². The van der Waals surface area contributed by atoms with E-state index in [2.05, 4.69) is 22.8 Å². The summed E-state index contributed by atoms with van der Waals surface area (Å²) in [6, 6.07) is 9.52. The average molecular weight is 429 g/mol. The van der Waals surface area contributed by atoms with Crippen molar-refractivity contribution in [3.8, 4) is 0 Å². The van der Waals surface area contributed by atoms with Crippen LogP contribution in [-0.2, 0) is 14.3 Å². The van der Waals surface area contributed by atoms with Gasteiger partial charge in [-0.2, -0.15) is 0 Å². The number of nitrogens with one attached hydrogen (secondary N) is 2. The molecule has 3 N–H and O–H groups in total. The number of fused-ring (bicyclic) bond motifs is 2. The molecule has 2 saturated heterocycles. The number of carboxylic acids is 1. The predicted octanol–water partition coefficient (Wildman–Crippen LogP) is 4.38. The van der Waals surface area contributed by atoms with E-state index in [9.17, 15) is 9.59 Å². The van der Waals surface area contributed by atoms with Gasteiger partial charge in [-0.25, -0.2) is 0 Å². The van der Waals surface area contributed by atoms with E-state index in [0.717, 1.165) is 37.9 Å². The van der Waals surface area contributed by atoms with Gasteiger partial charge in [-0.1, -0.05) is 36.8 Å². The molecule has 1 aromatic rings. The van der Waals surface area contributed by atoms with Gasteiger partial charge in [-0.3, -0.25) is 9.59 Å². The van der Waals surface area contributed by atoms with Crippen LogP contribution in [0, 0.1) is 11.8 Å². The van der Waals surface area contributed by atoms with Crippen molar-refractivity contribution in [2.75, 3.05) is 18.4 Å². The number of rotatable bonds is 14. The Kier molecular flexibility index (Phi) is 9.56. The van der Waals surface area contributed by atoms with Gasteiger partial charge in [0.15, 0.2) is 0 Å². The zero-order chi connectivity index (χ0) is 21.9. The summed E-state index contributed by atoms with van der Waals surface area (Å²) in [5.41, 5.74) is 0.826. The Labute approximate surface area is 185 Å². The SMILES string of the molecule is O=C(O)CCC/C=C\C[C@@H]1[C@@H](CCCCNCC(=O)Nc2ccccc2)[C@@H]2CC[C@H]1O2. The summed E-state index contributed by atoms with van der Waals surface area (Å²) < 4.78 is 6.19. The Morgan fingerprint density at radius 2 is 1.81 bits per heavy atom. The van der Waals surface area contributed by atoms with E-state index < -0.39 is 5.97 Å². The van der Waals surface area contributed by atoms with Crippen LogP contribution in [0.3, 0.4) is 0 Å². The van der Waals surface area contributed by atoms with Crippen molar-refractivity contribution in [2.24, 2.45) is 11.8 Å². The van der Waals surface area contributed by atoms with E-state index in [1.807, 2.05) is 30.3 Å². The zero-order valence-electron chi connectivity index (χ0n) is 18.3. The number of carboxylic acid groups (broad SMARTS) is 1. The molecule has 4 atom stereocenters. The van der Waals surface area contributed by atoms with Crippen LogP contribution in [0.25, 0.3) is 0 Å². The topological polar surface area (TPSA) is 87.7 Å². The predicted molar refractivity (Wildman–Crippen MR) is 122 cm³/mol. The summed E-state index contributed by atoms with van der Waals surface area (Å²) in [7, 11) is 0. The zero-order valence-corrected chi connectivity index (χ0v) is 18.3. The molecule has 0 spiro atoms. The minimum absolute atomic E-state index is 0.0112. The highest BCUT2D eigenvalue weighted by molar-refractivity contribution is 5.92. The van der Waals surface area contributed by atoms with E-state index in [1.165, 1.54) is 19.3 Å². The number of allylic oxidation sites excluding steroid dienone is 2. The van der Waals surface area contributed by atoms with Crippen LogP contribution in [0.15, 0.2) is 42.5 Å². The molecule has 2 heterocycles. The van der Waals surface area contributed by atoms with Crippen molar-refractivity contribution < 1.29 is 19.4 Å². The molecule has 6 nitrogen and oxygen atoms in total. The number of unbranched alkanes of at least 4 members (excludes halogenated alkanes) is 2. The lowest BCUT2D eigenvalue weighted by Crippen LogP contribution is -2.29. The van der Waals surface area contributed by atoms with E-state index >= 15 is 0 Å². The maximum absolute atomic E-state index is 12.0. The molecule has 170 valence electrons. The molecule has 0 radical (unpaired) electrons. The molecular weight excluding hydrogens is 392 g/mol. The molecule has 2 aliphatic heterocycles. The number of amides is 1. The van der Waals surface area contributed by atoms with E-state index in [-0.39, 0.29) is 12.3 Å². The number of carbonyl (C=O) groups is 2. The summed E-state index contributed by atoms with van der Waals surface area (Å²) in [5, 5.41) is 14.8. The monoisotopic (exact) mass is 428 g/mol. The Balaban J connectivity index is 1.28. The van der Waals surface area contributed by atoms with Gasteiger partial charge in [-0.15, -0.1) is 0 Å². The molecule has 0 aliphatic carbocycles. The Morgan fingerprint density at radius 1 is 1.03 bits per heavy atom. The van der Waals surface area contributed by atoms with Gasteiger partial charge in [0.05, 0.1) is 18.8 Å². The molecule has 1 aromatic carbocycles. The van der Waals surface area contributed by atoms with Gasteiger partial charge >= 0.3 is 5.97 Å². The molecule has 2 aliphatic rings. The highest BCUT2D eigenvalue weighted by atomic mass is 16.5. The number of carbonyl (C=O) groups excluding carboxylic acids is 1. The molecule has 0 unspecified atom stereocenters. The number of aliphatic carboxylic acids is 1. The first kappa shape index (κ1) is 23.5. The van der Waals surface area contributed by atoms with Crippen LogP contribution in [0.1, 0.15) is 57.8 Å². The quantitative estimate of drug-likeness (QED) is 0.302. The second kappa shape index (κ2) is 12.6. The number of hydrogen-bond acceptors (Lipinski definition) is 4. The normalized spacial score (nSPS) is 24.6. The fourth-order valence-corrected chi connectivity index (χ4v) is 4.90. The van der Waals surface area contributed by atoms with Crippen LogP contribution >= 0.6 is 0 Å². The molecule has 6 heteroatoms. The fourth-order valence-electron chi connectivity index (χ4n) is 4.90. The second-order valence-corrected chi connectivity index (χ2v) is 8.70. The van der Waals surface area contributed by atoms with Gasteiger partial charge < -0.3 is 20.5 Å². The minimum Gasteiger partial charge on any atom is -0.481 e. The van der Waals surface area contributed by atoms with Crippen LogP contribution in [0.2, 0.25) is 0 Å². The molecule has 2 fully saturated rings. The lowest BCUT2D eigenvalue weighted by molar-refractivity contribution is -0.137. The van der Waals surface area contributed by atoms with E-state index in [4.69, 9.17) is 9.84 Å². The Morgan fingerprint density at radius 3 is 2.58 bits per heavy atom. The highest BCUT2D eigenvalue weighted by Crippen LogP contribution is 2.47. The van der Waals surface area contributed by atoms with Crippen molar-refractivity contribution in [2.45, 2.75) is 70.0 Å². The van der Waals surface area contributed by atoms with Crippen LogP contribution in [-0.4, -0.2) is 42.3 Å². The summed E-state index contributed by atoms with van der Waals surface area (Å²) in [6.45, 7) is 1.18. The molecule has 0 aromatic heterocycles. The number of para-hydroxylation sites is 1. The first-order valence-corrected chi connectivity index (χ1v) is 11.7. The third-order valence-corrected chi connectivity index (χ3v) is 6.41. The lowest BCUT2D eigenvalue weighted by atomic mass is 9.75. The number of benzene rings is 1. The van der Waals surface area contributed by atoms with Crippen LogP contribution < -0.4 is 10.6 Å². The average Bonchev–Trinajstić information content (AvgIpc) is 3.35. The first-order chi connectivity index (χ1) is 15.1. The van der Waals surface area contributed by atoms with Crippen molar-refractivity contribution in [1.82, 2.24) is 5.32 Å². The molecule has 3 rings (SSSR count). The van der Waals surface area contributed by atoms with Crippen molar-refractivity contribution in [1.29, 1.82) is 0 Å². The third-order valence-electron chi connectivity index (χ3n) is 6.41. The maximum atomic E-state index is 12.0. The lowest BCUT2D eigenvalue weighted by Gasteiger charge is -2.27. The fraction of sp³-hybridized carbons (Fsp3) is 0.600. The van der Waals surface area contributed by atoms with Gasteiger partial charge in [0.1, 0.15) is 0 Å². The van der Waals surface area contributed by atoms with Gasteiger partial charge in [0, 0.05) is 12.1 Å². The Hall–Kier alpha value is -2.18. The van der Waals surface area contributed by atoms with Crippen molar-refractivity contribution in [3.05, 3.63) is 42.5 Å². The number of ether oxygens (including phenoxy) is 1. The smallest absolute Gasteiger partial charge is 0.303 e. The standard InChI is InChI=1S/C25H36N2O4/c28-24(27-19-10-4-3-5-11-19)18-26-17-9-8-13-21-20(22-15-16-23(21)31-22)12-6-1-2-7-14-25(29)30/h1,3-6,10-11,20-23,26H,2,7-9,12-18H2,(H,27,28)(H,29,30)/b6-1-/t20-,21-,22-,23+/m1/s1. The summed E-state index contributed by atoms with van der Waals surface area (Å²) in [4.78, 5) is 22.5. The number of hydrogen-bond donors (Lipinski definition) is 3. The number of anilines is 1. The van der Waals surface area contributed by atoms with E-state index in [0.29, 0.717) is 37.0 Å². The largest absolute Gasteiger partial charge is 0.481 e. The molecule has 2 bridgehead atoms. The second-order valence-electron chi connectivity index (χ2n) is 8.70. The summed E-state index contributed by atoms with van der Waals surface area (Å²) in [5.74, 6) is 0.493. The third kappa shape index (κ3) is 7.78.